The van der Waals surface area contributed by atoms with Gasteiger partial charge in [-0.05, 0) is 44.5 Å². The molecule has 0 aliphatic carbocycles. The zero-order chi connectivity index (χ0) is 17.4. The van der Waals surface area contributed by atoms with Crippen LogP contribution in [-0.4, -0.2) is 42.2 Å². The van der Waals surface area contributed by atoms with Gasteiger partial charge in [0.05, 0.1) is 5.75 Å². The summed E-state index contributed by atoms with van der Waals surface area (Å²) in [5.41, 5.74) is 1.99. The predicted molar refractivity (Wildman–Crippen MR) is 97.6 cm³/mol. The number of nitrogens with zero attached hydrogens (tertiary/aromatic N) is 1. The van der Waals surface area contributed by atoms with Crippen molar-refractivity contribution in [3.63, 3.8) is 0 Å². The van der Waals surface area contributed by atoms with Crippen LogP contribution in [0.1, 0.15) is 19.4 Å². The number of benzene rings is 1. The van der Waals surface area contributed by atoms with Crippen molar-refractivity contribution >= 4 is 39.6 Å². The van der Waals surface area contributed by atoms with Crippen LogP contribution >= 0.6 is 27.7 Å². The van der Waals surface area contributed by atoms with Crippen molar-refractivity contribution in [2.24, 2.45) is 0 Å². The van der Waals surface area contributed by atoms with Crippen LogP contribution in [-0.2, 0) is 14.3 Å². The molecule has 1 aromatic carbocycles. The van der Waals surface area contributed by atoms with Gasteiger partial charge in [-0.1, -0.05) is 28.1 Å². The first kappa shape index (κ1) is 19.8. The van der Waals surface area contributed by atoms with Crippen molar-refractivity contribution in [2.75, 3.05) is 25.4 Å². The second kappa shape index (κ2) is 9.78. The minimum Gasteiger partial charge on any atom is -0.455 e. The number of hydrogen-bond acceptors (Lipinski definition) is 4. The Labute approximate surface area is 150 Å². The Hall–Kier alpha value is -1.27. The van der Waals surface area contributed by atoms with E-state index in [9.17, 15) is 9.59 Å². The summed E-state index contributed by atoms with van der Waals surface area (Å²) in [4.78, 5) is 26.4. The third kappa shape index (κ3) is 7.22. The molecule has 0 aliphatic rings. The Kier molecular flexibility index (Phi) is 8.41. The number of carbonyl (C=O) groups excluding carboxylic acids is 2. The van der Waals surface area contributed by atoms with E-state index in [1.807, 2.05) is 39.0 Å². The van der Waals surface area contributed by atoms with Crippen LogP contribution in [0.15, 0.2) is 39.7 Å². The molecule has 1 rings (SSSR count). The number of rotatable bonds is 8. The molecule has 126 valence electrons. The Bertz CT molecular complexity index is 589. The van der Waals surface area contributed by atoms with Crippen LogP contribution in [0.2, 0.25) is 0 Å². The Balaban J connectivity index is 2.41. The van der Waals surface area contributed by atoms with Crippen molar-refractivity contribution in [3.8, 4) is 0 Å². The highest BCUT2D eigenvalue weighted by Gasteiger charge is 2.14. The molecule has 0 saturated carbocycles. The molecule has 6 heteroatoms. The summed E-state index contributed by atoms with van der Waals surface area (Å²) < 4.78 is 6.07. The lowest BCUT2D eigenvalue weighted by Gasteiger charge is -2.20. The average Bonchev–Trinajstić information content (AvgIpc) is 2.49. The van der Waals surface area contributed by atoms with E-state index in [1.165, 1.54) is 11.8 Å². The summed E-state index contributed by atoms with van der Waals surface area (Å²) in [5.74, 6) is -0.409. The van der Waals surface area contributed by atoms with Crippen LogP contribution in [0.4, 0.5) is 0 Å². The van der Waals surface area contributed by atoms with Gasteiger partial charge in [0.25, 0.3) is 5.91 Å². The maximum atomic E-state index is 12.0. The summed E-state index contributed by atoms with van der Waals surface area (Å²) in [6.45, 7) is 10.3. The van der Waals surface area contributed by atoms with E-state index < -0.39 is 5.97 Å². The predicted octanol–water partition coefficient (Wildman–Crippen LogP) is 3.82. The molecule has 0 aliphatic heterocycles. The minimum absolute atomic E-state index is 0.183. The molecule has 0 atom stereocenters. The SMILES string of the molecule is C=C(C)CN(CC)C(=O)COC(=O)CSc1ccc(Br)cc1C. The van der Waals surface area contributed by atoms with E-state index in [0.717, 1.165) is 20.5 Å². The molecular weight excluding hydrogens is 378 g/mol. The largest absolute Gasteiger partial charge is 0.455 e. The zero-order valence-corrected chi connectivity index (χ0v) is 16.1. The van der Waals surface area contributed by atoms with Gasteiger partial charge in [-0.15, -0.1) is 11.8 Å². The van der Waals surface area contributed by atoms with Gasteiger partial charge in [0, 0.05) is 22.5 Å². The van der Waals surface area contributed by atoms with Gasteiger partial charge in [-0.25, -0.2) is 0 Å². The summed E-state index contributed by atoms with van der Waals surface area (Å²) in [6.07, 6.45) is 0. The molecule has 1 aromatic rings. The Morgan fingerprint density at radius 2 is 2.09 bits per heavy atom. The van der Waals surface area contributed by atoms with Crippen molar-refractivity contribution < 1.29 is 14.3 Å². The second-order valence-electron chi connectivity index (χ2n) is 5.22. The second-order valence-corrected chi connectivity index (χ2v) is 7.16. The third-order valence-corrected chi connectivity index (χ3v) is 4.68. The van der Waals surface area contributed by atoms with E-state index in [0.29, 0.717) is 13.1 Å². The molecule has 0 fully saturated rings. The lowest BCUT2D eigenvalue weighted by atomic mass is 10.2. The maximum Gasteiger partial charge on any atom is 0.316 e. The molecule has 0 unspecified atom stereocenters. The molecule has 0 heterocycles. The lowest BCUT2D eigenvalue weighted by Crippen LogP contribution is -2.35. The third-order valence-electron chi connectivity index (χ3n) is 3.03. The molecule has 0 bridgehead atoms. The molecule has 0 aromatic heterocycles. The van der Waals surface area contributed by atoms with Crippen molar-refractivity contribution in [3.05, 3.63) is 40.4 Å². The fraction of sp³-hybridized carbons (Fsp3) is 0.412. The van der Waals surface area contributed by atoms with Crippen LogP contribution in [0.3, 0.4) is 0 Å². The van der Waals surface area contributed by atoms with Crippen LogP contribution in [0.25, 0.3) is 0 Å². The van der Waals surface area contributed by atoms with Crippen LogP contribution in [0, 0.1) is 6.92 Å². The fourth-order valence-electron chi connectivity index (χ4n) is 1.89. The molecule has 1 amide bonds. The molecule has 0 radical (unpaired) electrons. The van der Waals surface area contributed by atoms with Gasteiger partial charge in [-0.3, -0.25) is 9.59 Å². The standard InChI is InChI=1S/C17H22BrNO3S/c1-5-19(9-12(2)3)16(20)10-22-17(21)11-23-15-7-6-14(18)8-13(15)4/h6-8H,2,5,9-11H2,1,3-4H3. The summed E-state index contributed by atoms with van der Waals surface area (Å²) >= 11 is 4.81. The van der Waals surface area contributed by atoms with E-state index in [1.54, 1.807) is 4.90 Å². The number of carbonyl (C=O) groups is 2. The van der Waals surface area contributed by atoms with Gasteiger partial charge < -0.3 is 9.64 Å². The smallest absolute Gasteiger partial charge is 0.316 e. The van der Waals surface area contributed by atoms with Gasteiger partial charge in [0.2, 0.25) is 0 Å². The first-order chi connectivity index (χ1) is 10.8. The number of halogens is 1. The monoisotopic (exact) mass is 399 g/mol. The Morgan fingerprint density at radius 1 is 1.39 bits per heavy atom. The molecular formula is C17H22BrNO3S. The molecule has 0 spiro atoms. The maximum absolute atomic E-state index is 12.0. The van der Waals surface area contributed by atoms with Crippen molar-refractivity contribution in [1.82, 2.24) is 4.90 Å². The minimum atomic E-state index is -0.392. The fourth-order valence-corrected chi connectivity index (χ4v) is 3.17. The zero-order valence-electron chi connectivity index (χ0n) is 13.7. The van der Waals surface area contributed by atoms with Gasteiger partial charge in [-0.2, -0.15) is 0 Å². The van der Waals surface area contributed by atoms with Crippen molar-refractivity contribution in [1.29, 1.82) is 0 Å². The number of thioether (sulfide) groups is 1. The summed E-state index contributed by atoms with van der Waals surface area (Å²) in [5, 5.41) is 0. The van der Waals surface area contributed by atoms with Gasteiger partial charge >= 0.3 is 5.97 Å². The van der Waals surface area contributed by atoms with E-state index in [4.69, 9.17) is 4.74 Å². The highest BCUT2D eigenvalue weighted by atomic mass is 79.9. The number of aryl methyl sites for hydroxylation is 1. The molecule has 4 nitrogen and oxygen atoms in total. The number of hydrogen-bond donors (Lipinski definition) is 0. The van der Waals surface area contributed by atoms with E-state index in [-0.39, 0.29) is 18.3 Å². The number of likely N-dealkylation sites (N-methyl/N-ethyl adjacent to an activating group) is 1. The highest BCUT2D eigenvalue weighted by molar-refractivity contribution is 9.10. The van der Waals surface area contributed by atoms with Gasteiger partial charge in [0.15, 0.2) is 6.61 Å². The molecule has 0 N–H and O–H groups in total. The van der Waals surface area contributed by atoms with Crippen LogP contribution < -0.4 is 0 Å². The first-order valence-corrected chi connectivity index (χ1v) is 9.08. The number of amides is 1. The highest BCUT2D eigenvalue weighted by Crippen LogP contribution is 2.25. The topological polar surface area (TPSA) is 46.6 Å². The van der Waals surface area contributed by atoms with Crippen molar-refractivity contribution in [2.45, 2.75) is 25.7 Å². The lowest BCUT2D eigenvalue weighted by molar-refractivity contribution is -0.149. The average molecular weight is 400 g/mol. The first-order valence-electron chi connectivity index (χ1n) is 7.30. The number of ether oxygens (including phenoxy) is 1. The summed E-state index contributed by atoms with van der Waals surface area (Å²) in [7, 11) is 0. The normalized spacial score (nSPS) is 10.3. The summed E-state index contributed by atoms with van der Waals surface area (Å²) in [6, 6.07) is 5.88. The molecule has 0 saturated heterocycles. The van der Waals surface area contributed by atoms with Crippen LogP contribution in [0.5, 0.6) is 0 Å². The van der Waals surface area contributed by atoms with E-state index >= 15 is 0 Å². The number of esters is 1. The molecule has 23 heavy (non-hydrogen) atoms. The Morgan fingerprint density at radius 3 is 2.65 bits per heavy atom. The van der Waals surface area contributed by atoms with Gasteiger partial charge in [0.1, 0.15) is 0 Å². The quantitative estimate of drug-likeness (QED) is 0.378. The van der Waals surface area contributed by atoms with E-state index in [2.05, 4.69) is 22.5 Å².